The van der Waals surface area contributed by atoms with Gasteiger partial charge in [-0.1, -0.05) is 17.3 Å². The Morgan fingerprint density at radius 2 is 2.12 bits per heavy atom. The van der Waals surface area contributed by atoms with Crippen molar-refractivity contribution in [2.24, 2.45) is 5.16 Å². The smallest absolute Gasteiger partial charge is 0.142 e. The fourth-order valence-corrected chi connectivity index (χ4v) is 2.62. The molecule has 0 atom stereocenters. The van der Waals surface area contributed by atoms with Crippen LogP contribution in [0, 0.1) is 0 Å². The number of rotatable bonds is 4. The molecule has 0 unspecified atom stereocenters. The highest BCUT2D eigenvalue weighted by Crippen LogP contribution is 2.16. The zero-order valence-corrected chi connectivity index (χ0v) is 10.8. The largest absolute Gasteiger partial charge is 0.497 e. The Kier molecular flexibility index (Phi) is 4.74. The van der Waals surface area contributed by atoms with Gasteiger partial charge in [0.25, 0.3) is 0 Å². The van der Waals surface area contributed by atoms with Gasteiger partial charge in [-0.3, -0.25) is 0 Å². The summed E-state index contributed by atoms with van der Waals surface area (Å²) in [5, 5.41) is 4.20. The molecule has 1 saturated heterocycles. The lowest BCUT2D eigenvalue weighted by Gasteiger charge is -2.11. The number of ether oxygens (including phenoxy) is 1. The summed E-state index contributed by atoms with van der Waals surface area (Å²) >= 11 is 1.98. The lowest BCUT2D eigenvalue weighted by Crippen LogP contribution is -2.08. The van der Waals surface area contributed by atoms with Crippen LogP contribution < -0.4 is 4.74 Å². The van der Waals surface area contributed by atoms with Crippen molar-refractivity contribution in [2.45, 2.75) is 19.4 Å². The Hall–Kier alpha value is -1.16. The van der Waals surface area contributed by atoms with Gasteiger partial charge < -0.3 is 9.57 Å². The maximum absolute atomic E-state index is 5.38. The molecule has 0 bridgehead atoms. The molecule has 1 aliphatic heterocycles. The van der Waals surface area contributed by atoms with Crippen LogP contribution in [0.25, 0.3) is 0 Å². The van der Waals surface area contributed by atoms with Crippen molar-refractivity contribution >= 4 is 17.5 Å². The molecule has 17 heavy (non-hydrogen) atoms. The first kappa shape index (κ1) is 12.3. The van der Waals surface area contributed by atoms with Crippen molar-refractivity contribution in [3.05, 3.63) is 29.8 Å². The maximum Gasteiger partial charge on any atom is 0.142 e. The summed E-state index contributed by atoms with van der Waals surface area (Å²) in [6.07, 6.45) is 2.12. The summed E-state index contributed by atoms with van der Waals surface area (Å²) in [5.74, 6) is 3.19. The monoisotopic (exact) mass is 251 g/mol. The normalized spacial score (nSPS) is 15.5. The SMILES string of the molecule is COc1cccc(CON=C2CCSCC2)c1. The highest BCUT2D eigenvalue weighted by atomic mass is 32.2. The van der Waals surface area contributed by atoms with E-state index >= 15 is 0 Å². The zero-order valence-electron chi connectivity index (χ0n) is 10.0. The minimum absolute atomic E-state index is 0.508. The predicted octanol–water partition coefficient (Wildman–Crippen LogP) is 3.09. The number of nitrogens with zero attached hydrogens (tertiary/aromatic N) is 1. The van der Waals surface area contributed by atoms with Gasteiger partial charge in [0, 0.05) is 0 Å². The number of thioether (sulfide) groups is 1. The first-order valence-corrected chi connectivity index (χ1v) is 6.92. The highest BCUT2D eigenvalue weighted by Gasteiger charge is 2.07. The van der Waals surface area contributed by atoms with Crippen LogP contribution in [0.1, 0.15) is 18.4 Å². The molecule has 1 aromatic rings. The Balaban J connectivity index is 1.84. The quantitative estimate of drug-likeness (QED) is 0.770. The molecule has 1 aliphatic rings. The third-order valence-electron chi connectivity index (χ3n) is 2.63. The van der Waals surface area contributed by atoms with E-state index in [0.717, 1.165) is 24.2 Å². The molecule has 1 heterocycles. The second kappa shape index (κ2) is 6.55. The molecule has 0 spiro atoms. The summed E-state index contributed by atoms with van der Waals surface area (Å²) in [7, 11) is 1.67. The van der Waals surface area contributed by atoms with Crippen LogP contribution in [0.3, 0.4) is 0 Å². The van der Waals surface area contributed by atoms with Crippen molar-refractivity contribution < 1.29 is 9.57 Å². The van der Waals surface area contributed by atoms with E-state index in [-0.39, 0.29) is 0 Å². The van der Waals surface area contributed by atoms with Crippen molar-refractivity contribution in [3.8, 4) is 5.75 Å². The maximum atomic E-state index is 5.38. The Morgan fingerprint density at radius 3 is 2.88 bits per heavy atom. The van der Waals surface area contributed by atoms with Crippen molar-refractivity contribution in [1.82, 2.24) is 0 Å². The summed E-state index contributed by atoms with van der Waals surface area (Å²) in [6.45, 7) is 0.508. The molecule has 1 fully saturated rings. The summed E-state index contributed by atoms with van der Waals surface area (Å²) in [4.78, 5) is 5.38. The van der Waals surface area contributed by atoms with Gasteiger partial charge in [0.15, 0.2) is 0 Å². The van der Waals surface area contributed by atoms with Gasteiger partial charge in [0.1, 0.15) is 12.4 Å². The third kappa shape index (κ3) is 3.97. The lowest BCUT2D eigenvalue weighted by atomic mass is 10.2. The second-order valence-corrected chi connectivity index (χ2v) is 5.12. The molecule has 0 amide bonds. The van der Waals surface area contributed by atoms with E-state index in [9.17, 15) is 0 Å². The van der Waals surface area contributed by atoms with Crippen molar-refractivity contribution in [2.75, 3.05) is 18.6 Å². The molecule has 92 valence electrons. The number of methoxy groups -OCH3 is 1. The average molecular weight is 251 g/mol. The van der Waals surface area contributed by atoms with Crippen LogP contribution >= 0.6 is 11.8 Å². The van der Waals surface area contributed by atoms with Crippen LogP contribution in [-0.4, -0.2) is 24.3 Å². The third-order valence-corrected chi connectivity index (χ3v) is 3.61. The van der Waals surface area contributed by atoms with Gasteiger partial charge in [-0.15, -0.1) is 0 Å². The second-order valence-electron chi connectivity index (χ2n) is 3.89. The number of benzene rings is 1. The highest BCUT2D eigenvalue weighted by molar-refractivity contribution is 7.99. The number of oxime groups is 1. The van der Waals surface area contributed by atoms with E-state index in [0.29, 0.717) is 6.61 Å². The standard InChI is InChI=1S/C13H17NO2S/c1-15-13-4-2-3-11(9-13)10-16-14-12-5-7-17-8-6-12/h2-4,9H,5-8,10H2,1H3. The van der Waals surface area contributed by atoms with Gasteiger partial charge in [-0.25, -0.2) is 0 Å². The summed E-state index contributed by atoms with van der Waals surface area (Å²) in [6, 6.07) is 7.87. The van der Waals surface area contributed by atoms with Gasteiger partial charge in [0.2, 0.25) is 0 Å². The number of hydrogen-bond acceptors (Lipinski definition) is 4. The fourth-order valence-electron chi connectivity index (χ4n) is 1.66. The van der Waals surface area contributed by atoms with Crippen LogP contribution in [0.4, 0.5) is 0 Å². The van der Waals surface area contributed by atoms with Crippen LogP contribution in [-0.2, 0) is 11.4 Å². The first-order valence-electron chi connectivity index (χ1n) is 5.77. The molecule has 0 aliphatic carbocycles. The molecule has 0 radical (unpaired) electrons. The topological polar surface area (TPSA) is 30.8 Å². The van der Waals surface area contributed by atoms with E-state index in [1.165, 1.54) is 17.2 Å². The molecule has 4 heteroatoms. The lowest BCUT2D eigenvalue weighted by molar-refractivity contribution is 0.129. The van der Waals surface area contributed by atoms with Crippen molar-refractivity contribution in [3.63, 3.8) is 0 Å². The van der Waals surface area contributed by atoms with Gasteiger partial charge in [0.05, 0.1) is 12.8 Å². The fraction of sp³-hybridized carbons (Fsp3) is 0.462. The minimum atomic E-state index is 0.508. The van der Waals surface area contributed by atoms with E-state index in [4.69, 9.17) is 9.57 Å². The van der Waals surface area contributed by atoms with Gasteiger partial charge in [-0.2, -0.15) is 11.8 Å². The molecule has 0 saturated carbocycles. The molecular weight excluding hydrogens is 234 g/mol. The Bertz CT molecular complexity index is 385. The van der Waals surface area contributed by atoms with E-state index in [1.54, 1.807) is 7.11 Å². The molecule has 1 aromatic carbocycles. The van der Waals surface area contributed by atoms with Crippen LogP contribution in [0.5, 0.6) is 5.75 Å². The van der Waals surface area contributed by atoms with E-state index in [2.05, 4.69) is 5.16 Å². The van der Waals surface area contributed by atoms with Crippen LogP contribution in [0.2, 0.25) is 0 Å². The van der Waals surface area contributed by atoms with Crippen LogP contribution in [0.15, 0.2) is 29.4 Å². The molecule has 0 aromatic heterocycles. The number of hydrogen-bond donors (Lipinski definition) is 0. The average Bonchev–Trinajstić information content (AvgIpc) is 2.40. The summed E-state index contributed by atoms with van der Waals surface area (Å²) < 4.78 is 5.16. The molecule has 2 rings (SSSR count). The summed E-state index contributed by atoms with van der Waals surface area (Å²) in [5.41, 5.74) is 2.27. The first-order chi connectivity index (χ1) is 8.38. The van der Waals surface area contributed by atoms with E-state index < -0.39 is 0 Å². The Morgan fingerprint density at radius 1 is 1.29 bits per heavy atom. The van der Waals surface area contributed by atoms with E-state index in [1.807, 2.05) is 36.0 Å². The minimum Gasteiger partial charge on any atom is -0.497 e. The van der Waals surface area contributed by atoms with Gasteiger partial charge >= 0.3 is 0 Å². The predicted molar refractivity (Wildman–Crippen MR) is 71.8 cm³/mol. The van der Waals surface area contributed by atoms with Gasteiger partial charge in [-0.05, 0) is 42.0 Å². The molecule has 3 nitrogen and oxygen atoms in total. The molecule has 0 N–H and O–H groups in total. The zero-order chi connectivity index (χ0) is 11.9. The Labute approximate surface area is 106 Å². The van der Waals surface area contributed by atoms with Crippen molar-refractivity contribution in [1.29, 1.82) is 0 Å². The molecular formula is C13H17NO2S.